The number of fused-ring (bicyclic) bond motifs is 1. The van der Waals surface area contributed by atoms with Gasteiger partial charge in [-0.25, -0.2) is 4.98 Å². The third-order valence-corrected chi connectivity index (χ3v) is 4.67. The first kappa shape index (κ1) is 20.7. The normalized spacial score (nSPS) is 10.7. The first-order valence-corrected chi connectivity index (χ1v) is 9.80. The van der Waals surface area contributed by atoms with Crippen molar-refractivity contribution in [2.75, 3.05) is 12.0 Å². The van der Waals surface area contributed by atoms with Crippen LogP contribution in [0.1, 0.15) is 25.3 Å². The maximum Gasteiger partial charge on any atom is 0.262 e. The number of anilines is 1. The molecule has 0 radical (unpaired) electrons. The van der Waals surface area contributed by atoms with Gasteiger partial charge >= 0.3 is 0 Å². The third-order valence-electron chi connectivity index (χ3n) is 4.43. The number of hydrogen-bond donors (Lipinski definition) is 2. The number of ether oxygens (including phenoxy) is 1. The summed E-state index contributed by atoms with van der Waals surface area (Å²) in [4.78, 5) is 29.1. The van der Waals surface area contributed by atoms with Crippen molar-refractivity contribution in [2.24, 2.45) is 0 Å². The van der Waals surface area contributed by atoms with Gasteiger partial charge in [0, 0.05) is 18.0 Å². The van der Waals surface area contributed by atoms with E-state index in [1.165, 1.54) is 4.57 Å². The van der Waals surface area contributed by atoms with Crippen LogP contribution in [-0.2, 0) is 11.3 Å². The zero-order valence-corrected chi connectivity index (χ0v) is 17.1. The van der Waals surface area contributed by atoms with Crippen molar-refractivity contribution in [2.45, 2.75) is 33.2 Å². The predicted octanol–water partition coefficient (Wildman–Crippen LogP) is 3.68. The molecule has 1 heterocycles. The highest BCUT2D eigenvalue weighted by Gasteiger charge is 2.10. The van der Waals surface area contributed by atoms with Crippen molar-refractivity contribution in [3.05, 3.63) is 63.4 Å². The van der Waals surface area contributed by atoms with E-state index in [0.717, 1.165) is 11.3 Å². The Balaban J connectivity index is 1.53. The molecule has 0 fully saturated rings. The minimum absolute atomic E-state index is 0.151. The number of rotatable bonds is 8. The summed E-state index contributed by atoms with van der Waals surface area (Å²) in [6.07, 6.45) is 0.810. The van der Waals surface area contributed by atoms with Crippen LogP contribution < -0.4 is 21.1 Å². The van der Waals surface area contributed by atoms with Crippen molar-refractivity contribution in [3.8, 4) is 5.75 Å². The minimum Gasteiger partial charge on any atom is -0.493 e. The zero-order valence-electron chi connectivity index (χ0n) is 16.4. The fourth-order valence-corrected chi connectivity index (χ4v) is 3.16. The van der Waals surface area contributed by atoms with E-state index < -0.39 is 0 Å². The molecular weight excluding hydrogens is 392 g/mol. The molecule has 0 aliphatic heterocycles. The van der Waals surface area contributed by atoms with Crippen LogP contribution in [0, 0.1) is 6.92 Å². The molecule has 1 aromatic heterocycles. The van der Waals surface area contributed by atoms with E-state index in [4.69, 9.17) is 16.3 Å². The van der Waals surface area contributed by atoms with E-state index in [1.54, 1.807) is 24.3 Å². The molecule has 0 unspecified atom stereocenters. The molecule has 0 atom stereocenters. The largest absolute Gasteiger partial charge is 0.493 e. The highest BCUT2D eigenvalue weighted by molar-refractivity contribution is 6.30. The summed E-state index contributed by atoms with van der Waals surface area (Å²) in [5, 5.41) is 1.20. The van der Waals surface area contributed by atoms with Crippen molar-refractivity contribution in [1.29, 1.82) is 0 Å². The lowest BCUT2D eigenvalue weighted by Crippen LogP contribution is -2.34. The summed E-state index contributed by atoms with van der Waals surface area (Å²) in [6, 6.07) is 12.5. The Morgan fingerprint density at radius 1 is 1.24 bits per heavy atom. The van der Waals surface area contributed by atoms with E-state index in [2.05, 4.69) is 15.8 Å². The summed E-state index contributed by atoms with van der Waals surface area (Å²) in [6.45, 7) is 4.61. The topological polar surface area (TPSA) is 85.2 Å². The number of amides is 1. The van der Waals surface area contributed by atoms with Crippen LogP contribution >= 0.6 is 11.6 Å². The third kappa shape index (κ3) is 5.06. The summed E-state index contributed by atoms with van der Waals surface area (Å²) < 4.78 is 7.17. The Hall–Kier alpha value is -3.06. The molecule has 152 valence electrons. The quantitative estimate of drug-likeness (QED) is 0.434. The van der Waals surface area contributed by atoms with Crippen LogP contribution in [0.2, 0.25) is 5.02 Å². The SMILES string of the molecule is CCn1c(NNC(=O)CCCOc2ccc(Cl)cc2C)nc2ccccc2c1=O. The number of nitrogens with zero attached hydrogens (tertiary/aromatic N) is 2. The average molecular weight is 415 g/mol. The zero-order chi connectivity index (χ0) is 20.8. The van der Waals surface area contributed by atoms with Gasteiger partial charge < -0.3 is 4.74 Å². The highest BCUT2D eigenvalue weighted by Crippen LogP contribution is 2.21. The number of benzene rings is 2. The Labute approximate surface area is 173 Å². The molecule has 0 aliphatic carbocycles. The molecule has 0 saturated heterocycles. The lowest BCUT2D eigenvalue weighted by Gasteiger charge is -2.14. The fraction of sp³-hybridized carbons (Fsp3) is 0.286. The Morgan fingerprint density at radius 3 is 2.79 bits per heavy atom. The lowest BCUT2D eigenvalue weighted by molar-refractivity contribution is -0.120. The molecular formula is C21H23ClN4O3. The molecule has 0 spiro atoms. The first-order chi connectivity index (χ1) is 14.0. The van der Waals surface area contributed by atoms with Gasteiger partial charge in [0.25, 0.3) is 5.56 Å². The lowest BCUT2D eigenvalue weighted by atomic mass is 10.2. The maximum absolute atomic E-state index is 12.6. The molecule has 2 N–H and O–H groups in total. The monoisotopic (exact) mass is 414 g/mol. The number of para-hydroxylation sites is 1. The minimum atomic E-state index is -0.216. The smallest absolute Gasteiger partial charge is 0.262 e. The molecule has 3 aromatic rings. The van der Waals surface area contributed by atoms with Gasteiger partial charge in [-0.1, -0.05) is 23.7 Å². The van der Waals surface area contributed by atoms with Crippen molar-refractivity contribution in [3.63, 3.8) is 0 Å². The summed E-state index contributed by atoms with van der Waals surface area (Å²) in [7, 11) is 0. The van der Waals surface area contributed by atoms with Crippen molar-refractivity contribution in [1.82, 2.24) is 15.0 Å². The van der Waals surface area contributed by atoms with E-state index in [1.807, 2.05) is 32.0 Å². The Kier molecular flexibility index (Phi) is 6.72. The van der Waals surface area contributed by atoms with Gasteiger partial charge in [-0.15, -0.1) is 0 Å². The Morgan fingerprint density at radius 2 is 2.03 bits per heavy atom. The Bertz CT molecular complexity index is 1080. The van der Waals surface area contributed by atoms with Gasteiger partial charge in [0.1, 0.15) is 5.75 Å². The second-order valence-corrected chi connectivity index (χ2v) is 6.97. The predicted molar refractivity (Wildman–Crippen MR) is 114 cm³/mol. The van der Waals surface area contributed by atoms with Crippen LogP contribution in [-0.4, -0.2) is 22.1 Å². The van der Waals surface area contributed by atoms with E-state index in [0.29, 0.717) is 41.4 Å². The van der Waals surface area contributed by atoms with Crippen LogP contribution in [0.3, 0.4) is 0 Å². The average Bonchev–Trinajstić information content (AvgIpc) is 2.71. The highest BCUT2D eigenvalue weighted by atomic mass is 35.5. The van der Waals surface area contributed by atoms with Gasteiger partial charge in [-0.2, -0.15) is 0 Å². The van der Waals surface area contributed by atoms with Crippen molar-refractivity contribution < 1.29 is 9.53 Å². The van der Waals surface area contributed by atoms with E-state index in [-0.39, 0.29) is 17.9 Å². The molecule has 0 saturated carbocycles. The molecule has 0 aliphatic rings. The standard InChI is InChI=1S/C21H23ClN4O3/c1-3-26-20(28)16-7-4-5-8-17(16)23-21(26)25-24-19(27)9-6-12-29-18-11-10-15(22)13-14(18)2/h4-5,7-8,10-11,13H,3,6,9,12H2,1-2H3,(H,23,25)(H,24,27). The summed E-state index contributed by atoms with van der Waals surface area (Å²) >= 11 is 5.93. The van der Waals surface area contributed by atoms with Gasteiger partial charge in [-0.3, -0.25) is 25.0 Å². The molecule has 8 heteroatoms. The number of aromatic nitrogens is 2. The number of hydrazine groups is 1. The van der Waals surface area contributed by atoms with Gasteiger partial charge in [-0.05, 0) is 56.2 Å². The van der Waals surface area contributed by atoms with Crippen LogP contribution in [0.4, 0.5) is 5.95 Å². The molecule has 2 aromatic carbocycles. The van der Waals surface area contributed by atoms with E-state index >= 15 is 0 Å². The molecule has 1 amide bonds. The fourth-order valence-electron chi connectivity index (χ4n) is 2.93. The van der Waals surface area contributed by atoms with Gasteiger partial charge in [0.05, 0.1) is 17.5 Å². The van der Waals surface area contributed by atoms with Crippen LogP contribution in [0.15, 0.2) is 47.3 Å². The summed E-state index contributed by atoms with van der Waals surface area (Å²) in [5.41, 5.74) is 6.74. The van der Waals surface area contributed by atoms with E-state index in [9.17, 15) is 9.59 Å². The molecule has 0 bridgehead atoms. The molecule has 3 rings (SSSR count). The number of hydrogen-bond acceptors (Lipinski definition) is 5. The number of carbonyl (C=O) groups excluding carboxylic acids is 1. The second kappa shape index (κ2) is 9.43. The number of halogens is 1. The maximum atomic E-state index is 12.6. The van der Waals surface area contributed by atoms with Crippen molar-refractivity contribution >= 4 is 34.4 Å². The summed E-state index contributed by atoms with van der Waals surface area (Å²) in [5.74, 6) is 0.837. The molecule has 29 heavy (non-hydrogen) atoms. The number of aryl methyl sites for hydroxylation is 1. The van der Waals surface area contributed by atoms with Crippen LogP contribution in [0.25, 0.3) is 10.9 Å². The number of carbonyl (C=O) groups is 1. The second-order valence-electron chi connectivity index (χ2n) is 6.54. The van der Waals surface area contributed by atoms with Crippen LogP contribution in [0.5, 0.6) is 5.75 Å². The first-order valence-electron chi connectivity index (χ1n) is 9.43. The van der Waals surface area contributed by atoms with Gasteiger partial charge in [0.15, 0.2) is 0 Å². The van der Waals surface area contributed by atoms with Gasteiger partial charge in [0.2, 0.25) is 11.9 Å². The number of nitrogens with one attached hydrogen (secondary N) is 2. The molecule has 7 nitrogen and oxygen atoms in total.